The Kier molecular flexibility index (Phi) is 3.62. The van der Waals surface area contributed by atoms with E-state index in [-0.39, 0.29) is 0 Å². The highest BCUT2D eigenvalue weighted by molar-refractivity contribution is 7.80. The van der Waals surface area contributed by atoms with Gasteiger partial charge in [-0.3, -0.25) is 0 Å². The van der Waals surface area contributed by atoms with E-state index in [4.69, 9.17) is 12.2 Å². The van der Waals surface area contributed by atoms with E-state index in [9.17, 15) is 0 Å². The molecule has 80 valence electrons. The molecule has 3 heteroatoms. The van der Waals surface area contributed by atoms with E-state index in [0.717, 1.165) is 10.9 Å². The van der Waals surface area contributed by atoms with Gasteiger partial charge in [0, 0.05) is 13.1 Å². The predicted molar refractivity (Wildman–Crippen MR) is 69.7 cm³/mol. The van der Waals surface area contributed by atoms with Crippen LogP contribution in [-0.2, 0) is 0 Å². The van der Waals surface area contributed by atoms with Crippen molar-refractivity contribution >= 4 is 25.1 Å². The zero-order valence-electron chi connectivity index (χ0n) is 10.1. The SMILES string of the molecule is BC1(C)CCC(N(C)C(C)=S)C(C)C1. The maximum Gasteiger partial charge on any atom is 0.109 e. The lowest BCUT2D eigenvalue weighted by Gasteiger charge is -2.43. The van der Waals surface area contributed by atoms with E-state index >= 15 is 0 Å². The number of rotatable bonds is 1. The Morgan fingerprint density at radius 3 is 2.57 bits per heavy atom. The molecule has 1 rings (SSSR count). The Morgan fingerprint density at radius 1 is 1.57 bits per heavy atom. The van der Waals surface area contributed by atoms with Crippen LogP contribution >= 0.6 is 12.2 Å². The van der Waals surface area contributed by atoms with Crippen LogP contribution in [0.15, 0.2) is 0 Å². The average Bonchev–Trinajstić information content (AvgIpc) is 2.01. The van der Waals surface area contributed by atoms with E-state index in [1.165, 1.54) is 19.3 Å². The summed E-state index contributed by atoms with van der Waals surface area (Å²) in [7, 11) is 4.52. The monoisotopic (exact) mass is 211 g/mol. The number of nitrogens with zero attached hydrogens (tertiary/aromatic N) is 1. The topological polar surface area (TPSA) is 3.24 Å². The van der Waals surface area contributed by atoms with Gasteiger partial charge in [-0.1, -0.05) is 44.2 Å². The molecule has 14 heavy (non-hydrogen) atoms. The van der Waals surface area contributed by atoms with Gasteiger partial charge in [0.2, 0.25) is 0 Å². The third-order valence-corrected chi connectivity index (χ3v) is 3.93. The standard InChI is InChI=1S/C11H22BNS/c1-8-7-11(3,12)6-5-10(8)13(4)9(2)14/h8,10H,5-7,12H2,1-4H3. The second-order valence-electron chi connectivity index (χ2n) is 5.58. The van der Waals surface area contributed by atoms with Gasteiger partial charge in [-0.15, -0.1) is 0 Å². The molecule has 0 aromatic carbocycles. The van der Waals surface area contributed by atoms with Gasteiger partial charge in [-0.25, -0.2) is 0 Å². The molecule has 1 nitrogen and oxygen atoms in total. The van der Waals surface area contributed by atoms with Gasteiger partial charge in [0.1, 0.15) is 7.85 Å². The van der Waals surface area contributed by atoms with Crippen molar-refractivity contribution in [3.63, 3.8) is 0 Å². The van der Waals surface area contributed by atoms with Crippen LogP contribution in [0.5, 0.6) is 0 Å². The van der Waals surface area contributed by atoms with Crippen LogP contribution in [0.2, 0.25) is 5.31 Å². The first kappa shape index (κ1) is 12.0. The zero-order chi connectivity index (χ0) is 10.9. The molecule has 0 N–H and O–H groups in total. The van der Waals surface area contributed by atoms with E-state index in [1.54, 1.807) is 0 Å². The molecule has 1 aliphatic carbocycles. The van der Waals surface area contributed by atoms with Gasteiger partial charge >= 0.3 is 0 Å². The minimum Gasteiger partial charge on any atom is -0.366 e. The lowest BCUT2D eigenvalue weighted by molar-refractivity contribution is 0.179. The van der Waals surface area contributed by atoms with Crippen LogP contribution in [0.1, 0.15) is 40.0 Å². The Morgan fingerprint density at radius 2 is 2.14 bits per heavy atom. The van der Waals surface area contributed by atoms with E-state index < -0.39 is 0 Å². The minimum atomic E-state index is 0.534. The highest BCUT2D eigenvalue weighted by Gasteiger charge is 2.34. The molecule has 1 fully saturated rings. The van der Waals surface area contributed by atoms with Crippen molar-refractivity contribution in [1.29, 1.82) is 0 Å². The molecule has 0 aromatic heterocycles. The van der Waals surface area contributed by atoms with Crippen LogP contribution in [0.3, 0.4) is 0 Å². The van der Waals surface area contributed by atoms with E-state index in [2.05, 4.69) is 33.6 Å². The lowest BCUT2D eigenvalue weighted by atomic mass is 9.58. The van der Waals surface area contributed by atoms with E-state index in [1.807, 2.05) is 6.92 Å². The van der Waals surface area contributed by atoms with Crippen molar-refractivity contribution in [2.45, 2.75) is 51.4 Å². The third-order valence-electron chi connectivity index (χ3n) is 3.64. The first-order chi connectivity index (χ1) is 6.33. The first-order valence-corrected chi connectivity index (χ1v) is 5.98. The Labute approximate surface area is 94.7 Å². The van der Waals surface area contributed by atoms with Crippen LogP contribution in [0, 0.1) is 5.92 Å². The molecule has 0 saturated heterocycles. The number of hydrogen-bond donors (Lipinski definition) is 0. The van der Waals surface area contributed by atoms with Crippen LogP contribution in [-0.4, -0.2) is 30.8 Å². The predicted octanol–water partition coefficient (Wildman–Crippen LogP) is 2.27. The lowest BCUT2D eigenvalue weighted by Crippen LogP contribution is -2.43. The highest BCUT2D eigenvalue weighted by atomic mass is 32.1. The minimum absolute atomic E-state index is 0.534. The first-order valence-electron chi connectivity index (χ1n) is 5.57. The molecule has 3 unspecified atom stereocenters. The maximum atomic E-state index is 5.24. The van der Waals surface area contributed by atoms with Gasteiger partial charge in [0.25, 0.3) is 0 Å². The zero-order valence-corrected chi connectivity index (χ0v) is 10.9. The Bertz CT molecular complexity index is 227. The van der Waals surface area contributed by atoms with E-state index in [0.29, 0.717) is 11.4 Å². The maximum absolute atomic E-state index is 5.24. The molecule has 0 aliphatic heterocycles. The summed E-state index contributed by atoms with van der Waals surface area (Å²) < 4.78 is 0. The summed E-state index contributed by atoms with van der Waals surface area (Å²) >= 11 is 5.24. The molecule has 0 spiro atoms. The number of hydrogen-bond acceptors (Lipinski definition) is 1. The Balaban J connectivity index is 2.62. The Hall–Kier alpha value is -0.0451. The van der Waals surface area contributed by atoms with Gasteiger partial charge in [0.05, 0.1) is 4.99 Å². The van der Waals surface area contributed by atoms with Crippen LogP contribution in [0.25, 0.3) is 0 Å². The van der Waals surface area contributed by atoms with Crippen LogP contribution < -0.4 is 0 Å². The fraction of sp³-hybridized carbons (Fsp3) is 0.909. The van der Waals surface area contributed by atoms with Crippen molar-refractivity contribution in [2.75, 3.05) is 7.05 Å². The smallest absolute Gasteiger partial charge is 0.109 e. The molecular formula is C11H22BNS. The summed E-state index contributed by atoms with van der Waals surface area (Å²) in [6.45, 7) is 6.77. The fourth-order valence-electron chi connectivity index (χ4n) is 2.74. The molecule has 3 atom stereocenters. The molecule has 0 bridgehead atoms. The molecule has 1 saturated carbocycles. The van der Waals surface area contributed by atoms with Crippen molar-refractivity contribution in [3.8, 4) is 0 Å². The molecule has 0 aromatic rings. The van der Waals surface area contributed by atoms with Crippen molar-refractivity contribution < 1.29 is 0 Å². The van der Waals surface area contributed by atoms with Gasteiger partial charge in [-0.05, 0) is 19.3 Å². The van der Waals surface area contributed by atoms with Gasteiger partial charge in [0.15, 0.2) is 0 Å². The summed E-state index contributed by atoms with van der Waals surface area (Å²) in [4.78, 5) is 3.32. The molecule has 0 heterocycles. The summed E-state index contributed by atoms with van der Waals surface area (Å²) in [6, 6.07) is 0.667. The fourth-order valence-corrected chi connectivity index (χ4v) is 2.88. The normalized spacial score (nSPS) is 38.0. The van der Waals surface area contributed by atoms with Crippen molar-refractivity contribution in [2.24, 2.45) is 5.92 Å². The molecule has 0 amide bonds. The summed E-state index contributed by atoms with van der Waals surface area (Å²) in [6.07, 6.45) is 3.94. The molecule has 0 radical (unpaired) electrons. The quantitative estimate of drug-likeness (QED) is 0.483. The second-order valence-corrected chi connectivity index (χ2v) is 6.17. The average molecular weight is 211 g/mol. The summed E-state index contributed by atoms with van der Waals surface area (Å²) in [5, 5.41) is 0.534. The van der Waals surface area contributed by atoms with Crippen molar-refractivity contribution in [3.05, 3.63) is 0 Å². The van der Waals surface area contributed by atoms with Gasteiger partial charge in [-0.2, -0.15) is 0 Å². The number of thiocarbonyl (C=S) groups is 1. The molecular weight excluding hydrogens is 189 g/mol. The second kappa shape index (κ2) is 4.22. The summed E-state index contributed by atoms with van der Waals surface area (Å²) in [5.74, 6) is 0.765. The third kappa shape index (κ3) is 2.72. The van der Waals surface area contributed by atoms with Crippen molar-refractivity contribution in [1.82, 2.24) is 4.90 Å². The highest BCUT2D eigenvalue weighted by Crippen LogP contribution is 2.43. The van der Waals surface area contributed by atoms with Gasteiger partial charge < -0.3 is 4.90 Å². The largest absolute Gasteiger partial charge is 0.366 e. The van der Waals surface area contributed by atoms with Crippen LogP contribution in [0.4, 0.5) is 0 Å². The summed E-state index contributed by atoms with van der Waals surface area (Å²) in [5.41, 5.74) is 0. The molecule has 1 aliphatic rings.